The molecule has 0 N–H and O–H groups in total. The first kappa shape index (κ1) is 33.8. The molecule has 8 bridgehead atoms. The summed E-state index contributed by atoms with van der Waals surface area (Å²) in [7, 11) is 3.31. The molecule has 0 unspecified atom stereocenters. The quantitative estimate of drug-likeness (QED) is 0.158. The Hall–Kier alpha value is -6.30. The Labute approximate surface area is 320 Å². The van der Waals surface area contributed by atoms with Crippen LogP contribution in [0.5, 0.6) is 11.5 Å². The van der Waals surface area contributed by atoms with Crippen molar-refractivity contribution < 1.29 is 29.0 Å². The van der Waals surface area contributed by atoms with Crippen LogP contribution in [-0.4, -0.2) is 24.2 Å². The number of hydrogen-bond donors (Lipinski definition) is 0. The fourth-order valence-corrected chi connectivity index (χ4v) is 7.15. The molecule has 0 spiro atoms. The van der Waals surface area contributed by atoms with E-state index in [1.54, 1.807) is 14.2 Å². The molecule has 0 aliphatic carbocycles. The maximum absolute atomic E-state index is 5.99. The fourth-order valence-electron chi connectivity index (χ4n) is 7.15. The second-order valence-electron chi connectivity index (χ2n) is 12.5. The zero-order valence-electron chi connectivity index (χ0n) is 29.3. The van der Waals surface area contributed by atoms with Crippen LogP contribution < -0.4 is 19.4 Å². The summed E-state index contributed by atoms with van der Waals surface area (Å²) in [4.78, 5) is 21.3. The van der Waals surface area contributed by atoms with Crippen LogP contribution in [0.3, 0.4) is 0 Å². The summed E-state index contributed by atoms with van der Waals surface area (Å²) in [5, 5.41) is 0. The van der Waals surface area contributed by atoms with Gasteiger partial charge in [-0.15, -0.1) is 22.1 Å². The maximum atomic E-state index is 5.99. The standard InChI is InChI=1S/C46H32N4O2.Zn/c1-51-41-20-12-19-32(46(41)52-2)45-39-27-25-37(49-39)43(30-15-8-4-9-16-30)35-23-21-33(47-35)42(29-13-6-3-7-14-29)34-22-24-36(48-34)44(31-17-10-5-11-18-31)38-26-28-40(45)50-38;/h3-28H,1-2H3;/q-2;+2. The van der Waals surface area contributed by atoms with E-state index < -0.39 is 0 Å². The van der Waals surface area contributed by atoms with Crippen molar-refractivity contribution in [1.29, 1.82) is 0 Å². The van der Waals surface area contributed by atoms with Crippen molar-refractivity contribution in [3.63, 3.8) is 0 Å². The van der Waals surface area contributed by atoms with Gasteiger partial charge in [0, 0.05) is 5.56 Å². The van der Waals surface area contributed by atoms with Gasteiger partial charge in [-0.25, -0.2) is 9.97 Å². The van der Waals surface area contributed by atoms with Gasteiger partial charge in [0.1, 0.15) is 0 Å². The van der Waals surface area contributed by atoms with Crippen molar-refractivity contribution in [3.05, 3.63) is 156 Å². The van der Waals surface area contributed by atoms with E-state index in [1.165, 1.54) is 0 Å². The van der Waals surface area contributed by atoms with Gasteiger partial charge in [0.15, 0.2) is 11.5 Å². The molecule has 0 amide bonds. The first-order chi connectivity index (χ1) is 25.7. The Balaban J connectivity index is 0.00000400. The van der Waals surface area contributed by atoms with E-state index in [9.17, 15) is 0 Å². The number of hydrogen-bond acceptors (Lipinski definition) is 4. The summed E-state index contributed by atoms with van der Waals surface area (Å²) in [5.41, 5.74) is 14.0. The van der Waals surface area contributed by atoms with Crippen LogP contribution in [0.25, 0.3) is 90.9 Å². The van der Waals surface area contributed by atoms with Crippen LogP contribution >= 0.6 is 0 Å². The molecule has 0 atom stereocenters. The second-order valence-corrected chi connectivity index (χ2v) is 12.5. The number of fused-ring (bicyclic) bond motifs is 8. The zero-order valence-corrected chi connectivity index (χ0v) is 32.3. The smallest absolute Gasteiger partial charge is 0.657 e. The summed E-state index contributed by atoms with van der Waals surface area (Å²) in [5.74, 6) is 1.23. The summed E-state index contributed by atoms with van der Waals surface area (Å²) in [6.07, 6.45) is 8.28. The Morgan fingerprint density at radius 3 is 1.15 bits per heavy atom. The minimum atomic E-state index is 0. The Morgan fingerprint density at radius 2 is 0.774 bits per heavy atom. The Kier molecular flexibility index (Phi) is 9.18. The van der Waals surface area contributed by atoms with Crippen molar-refractivity contribution in [3.8, 4) is 56.0 Å². The molecule has 7 aromatic rings. The number of ether oxygens (including phenoxy) is 2. The molecule has 3 aromatic heterocycles. The first-order valence-corrected chi connectivity index (χ1v) is 17.1. The molecule has 2 aliphatic rings. The van der Waals surface area contributed by atoms with Crippen LogP contribution in [0, 0.1) is 0 Å². The number of benzene rings is 4. The van der Waals surface area contributed by atoms with Gasteiger partial charge in [0.25, 0.3) is 0 Å². The normalized spacial score (nSPS) is 11.7. The molecule has 0 fully saturated rings. The minimum absolute atomic E-state index is 0. The monoisotopic (exact) mass is 736 g/mol. The predicted octanol–water partition coefficient (Wildman–Crippen LogP) is 10.6. The van der Waals surface area contributed by atoms with Crippen LogP contribution in [0.2, 0.25) is 0 Å². The van der Waals surface area contributed by atoms with E-state index in [2.05, 4.69) is 85.0 Å². The van der Waals surface area contributed by atoms with Gasteiger partial charge in [-0.3, -0.25) is 0 Å². The third kappa shape index (κ3) is 6.09. The third-order valence-corrected chi connectivity index (χ3v) is 9.47. The molecule has 53 heavy (non-hydrogen) atoms. The van der Waals surface area contributed by atoms with Gasteiger partial charge in [-0.2, -0.15) is 0 Å². The summed E-state index contributed by atoms with van der Waals surface area (Å²) in [6, 6.07) is 45.1. The molecular formula is C46H32N4O2Zn. The van der Waals surface area contributed by atoms with E-state index in [1.807, 2.05) is 72.8 Å². The van der Waals surface area contributed by atoms with E-state index in [0.717, 1.165) is 89.4 Å². The molecule has 7 heteroatoms. The van der Waals surface area contributed by atoms with Crippen LogP contribution in [0.4, 0.5) is 0 Å². The van der Waals surface area contributed by atoms with Gasteiger partial charge in [0.2, 0.25) is 0 Å². The van der Waals surface area contributed by atoms with Crippen molar-refractivity contribution in [2.24, 2.45) is 0 Å². The average Bonchev–Trinajstić information content (AvgIpc) is 4.04. The van der Waals surface area contributed by atoms with E-state index >= 15 is 0 Å². The van der Waals surface area contributed by atoms with Crippen molar-refractivity contribution in [1.82, 2.24) is 19.9 Å². The van der Waals surface area contributed by atoms with Crippen molar-refractivity contribution in [2.75, 3.05) is 14.2 Å². The predicted molar refractivity (Wildman–Crippen MR) is 212 cm³/mol. The third-order valence-electron chi connectivity index (χ3n) is 9.47. The van der Waals surface area contributed by atoms with Gasteiger partial charge >= 0.3 is 19.5 Å². The summed E-state index contributed by atoms with van der Waals surface area (Å²) in [6.45, 7) is 0. The van der Waals surface area contributed by atoms with Crippen LogP contribution in [0.15, 0.2) is 133 Å². The SMILES string of the molecule is COc1cccc(-c2c3nc(c(-c4ccccc4)c4ccc([n-]4)c(-c4ccccc4)c4nc(c(-c5ccccc5)c5ccc2[n-]5)C=C4)C=C3)c1OC.[Zn+2]. The summed E-state index contributed by atoms with van der Waals surface area (Å²) >= 11 is 0. The zero-order chi connectivity index (χ0) is 35.0. The van der Waals surface area contributed by atoms with Crippen molar-refractivity contribution in [2.45, 2.75) is 0 Å². The Morgan fingerprint density at radius 1 is 0.396 bits per heavy atom. The molecular weight excluding hydrogens is 706 g/mol. The molecule has 9 rings (SSSR count). The van der Waals surface area contributed by atoms with Crippen LogP contribution in [-0.2, 0) is 19.5 Å². The second kappa shape index (κ2) is 14.4. The van der Waals surface area contributed by atoms with E-state index in [0.29, 0.717) is 11.5 Å². The number of rotatable bonds is 6. The van der Waals surface area contributed by atoms with Gasteiger partial charge in [-0.1, -0.05) is 127 Å². The van der Waals surface area contributed by atoms with Gasteiger partial charge in [-0.05, 0) is 69.3 Å². The fraction of sp³-hybridized carbons (Fsp3) is 0.0435. The number of para-hydroxylation sites is 1. The van der Waals surface area contributed by atoms with Gasteiger partial charge in [0.05, 0.1) is 37.0 Å². The molecule has 0 saturated heterocycles. The summed E-state index contributed by atoms with van der Waals surface area (Å²) < 4.78 is 11.7. The average molecular weight is 738 g/mol. The van der Waals surface area contributed by atoms with Gasteiger partial charge < -0.3 is 19.4 Å². The first-order valence-electron chi connectivity index (χ1n) is 17.1. The molecule has 5 heterocycles. The number of aromatic nitrogens is 4. The molecule has 4 aromatic carbocycles. The molecule has 0 radical (unpaired) electrons. The molecule has 250 valence electrons. The molecule has 0 saturated carbocycles. The van der Waals surface area contributed by atoms with Crippen LogP contribution in [0.1, 0.15) is 22.8 Å². The Bertz CT molecular complexity index is 2660. The maximum Gasteiger partial charge on any atom is 2.00 e. The number of methoxy groups -OCH3 is 2. The largest absolute Gasteiger partial charge is 2.00 e. The molecule has 6 nitrogen and oxygen atoms in total. The van der Waals surface area contributed by atoms with E-state index in [4.69, 9.17) is 29.4 Å². The minimum Gasteiger partial charge on any atom is -0.657 e. The molecule has 2 aliphatic heterocycles. The van der Waals surface area contributed by atoms with E-state index in [-0.39, 0.29) is 19.5 Å². The topological polar surface area (TPSA) is 72.4 Å². The van der Waals surface area contributed by atoms with Crippen molar-refractivity contribution >= 4 is 46.4 Å². The number of nitrogens with zero attached hydrogens (tertiary/aromatic N) is 4.